The average Bonchev–Trinajstić information content (AvgIpc) is 2.75. The number of rotatable bonds is 6. The Morgan fingerprint density at radius 3 is 2.61 bits per heavy atom. The molecule has 31 heavy (non-hydrogen) atoms. The number of alkyl halides is 3. The number of aromatic nitrogens is 2. The zero-order valence-electron chi connectivity index (χ0n) is 16.8. The first-order valence-corrected chi connectivity index (χ1v) is 9.47. The number of ether oxygens (including phenoxy) is 2. The SMILES string of the molecule is CCOc1cc(Nc2ncc(C(F)(F)F)c(NC)n2)c(F)cc1C(=O)N1CCOCC1. The lowest BCUT2D eigenvalue weighted by molar-refractivity contribution is -0.137. The monoisotopic (exact) mass is 443 g/mol. The topological polar surface area (TPSA) is 88.6 Å². The van der Waals surface area contributed by atoms with Crippen LogP contribution in [0.2, 0.25) is 0 Å². The molecule has 0 aliphatic carbocycles. The second-order valence-electron chi connectivity index (χ2n) is 6.49. The number of nitrogens with one attached hydrogen (secondary N) is 2. The normalized spacial score (nSPS) is 14.3. The summed E-state index contributed by atoms with van der Waals surface area (Å²) in [5.41, 5.74) is -1.16. The number of anilines is 3. The molecule has 1 saturated heterocycles. The van der Waals surface area contributed by atoms with Gasteiger partial charge in [0, 0.05) is 32.4 Å². The van der Waals surface area contributed by atoms with E-state index in [1.807, 2.05) is 0 Å². The van der Waals surface area contributed by atoms with Gasteiger partial charge in [0.15, 0.2) is 0 Å². The molecule has 1 aliphatic heterocycles. The molecule has 2 aromatic rings. The molecule has 12 heteroatoms. The molecule has 2 heterocycles. The van der Waals surface area contributed by atoms with E-state index in [1.54, 1.807) is 6.92 Å². The lowest BCUT2D eigenvalue weighted by atomic mass is 10.1. The van der Waals surface area contributed by atoms with Crippen LogP contribution in [0.5, 0.6) is 5.75 Å². The van der Waals surface area contributed by atoms with Gasteiger partial charge in [0.05, 0.1) is 31.1 Å². The van der Waals surface area contributed by atoms with Gasteiger partial charge in [-0.15, -0.1) is 0 Å². The fraction of sp³-hybridized carbons (Fsp3) is 0.421. The molecule has 2 N–H and O–H groups in total. The quantitative estimate of drug-likeness (QED) is 0.663. The van der Waals surface area contributed by atoms with Crippen molar-refractivity contribution in [2.24, 2.45) is 0 Å². The van der Waals surface area contributed by atoms with E-state index in [0.29, 0.717) is 32.5 Å². The minimum absolute atomic E-state index is 0.0380. The van der Waals surface area contributed by atoms with Gasteiger partial charge in [0.1, 0.15) is 22.9 Å². The Morgan fingerprint density at radius 1 is 1.29 bits per heavy atom. The maximum absolute atomic E-state index is 14.8. The lowest BCUT2D eigenvalue weighted by Gasteiger charge is -2.27. The standard InChI is InChI=1S/C19H21F4N5O3/c1-3-31-15-9-14(13(20)8-11(15)17(29)28-4-6-30-7-5-28)26-18-25-10-12(19(21,22)23)16(24-2)27-18/h8-10H,3-7H2,1-2H3,(H2,24,25,26,27). The average molecular weight is 443 g/mol. The molecule has 0 saturated carbocycles. The lowest BCUT2D eigenvalue weighted by Crippen LogP contribution is -2.40. The second kappa shape index (κ2) is 9.33. The highest BCUT2D eigenvalue weighted by atomic mass is 19.4. The number of hydrogen-bond acceptors (Lipinski definition) is 7. The van der Waals surface area contributed by atoms with Crippen LogP contribution in [0.15, 0.2) is 18.3 Å². The van der Waals surface area contributed by atoms with Crippen molar-refractivity contribution in [2.45, 2.75) is 13.1 Å². The minimum atomic E-state index is -4.65. The molecule has 1 aromatic heterocycles. The molecule has 0 spiro atoms. The summed E-state index contributed by atoms with van der Waals surface area (Å²) in [6, 6.07) is 2.28. The molecule has 1 fully saturated rings. The highest BCUT2D eigenvalue weighted by Crippen LogP contribution is 2.34. The summed E-state index contributed by atoms with van der Waals surface area (Å²) in [6.07, 6.45) is -4.05. The molecular weight excluding hydrogens is 422 g/mol. The number of morpholine rings is 1. The summed E-state index contributed by atoms with van der Waals surface area (Å²) in [5, 5.41) is 4.89. The first-order valence-electron chi connectivity index (χ1n) is 9.47. The Balaban J connectivity index is 1.92. The number of hydrogen-bond donors (Lipinski definition) is 2. The zero-order valence-corrected chi connectivity index (χ0v) is 16.8. The molecule has 0 unspecified atom stereocenters. The highest BCUT2D eigenvalue weighted by molar-refractivity contribution is 5.97. The molecule has 0 atom stereocenters. The van der Waals surface area contributed by atoms with E-state index in [1.165, 1.54) is 18.0 Å². The first kappa shape index (κ1) is 22.5. The fourth-order valence-electron chi connectivity index (χ4n) is 2.99. The predicted molar refractivity (Wildman–Crippen MR) is 104 cm³/mol. The summed E-state index contributed by atoms with van der Waals surface area (Å²) in [4.78, 5) is 21.7. The third-order valence-corrected chi connectivity index (χ3v) is 4.48. The Morgan fingerprint density at radius 2 is 2.00 bits per heavy atom. The van der Waals surface area contributed by atoms with E-state index in [2.05, 4.69) is 20.6 Å². The van der Waals surface area contributed by atoms with E-state index in [9.17, 15) is 22.4 Å². The number of halogens is 4. The van der Waals surface area contributed by atoms with E-state index in [0.717, 1.165) is 6.07 Å². The number of carbonyl (C=O) groups excluding carboxylic acids is 1. The van der Waals surface area contributed by atoms with Crippen LogP contribution in [0.1, 0.15) is 22.8 Å². The van der Waals surface area contributed by atoms with Gasteiger partial charge in [-0.25, -0.2) is 9.37 Å². The van der Waals surface area contributed by atoms with Crippen molar-refractivity contribution in [1.29, 1.82) is 0 Å². The van der Waals surface area contributed by atoms with Crippen LogP contribution in [0.25, 0.3) is 0 Å². The van der Waals surface area contributed by atoms with Crippen LogP contribution in [0.4, 0.5) is 35.0 Å². The number of benzene rings is 1. The molecule has 168 valence electrons. The van der Waals surface area contributed by atoms with Crippen molar-refractivity contribution in [1.82, 2.24) is 14.9 Å². The van der Waals surface area contributed by atoms with Crippen molar-refractivity contribution in [2.75, 3.05) is 50.6 Å². The van der Waals surface area contributed by atoms with Gasteiger partial charge >= 0.3 is 6.18 Å². The van der Waals surface area contributed by atoms with Crippen LogP contribution in [0, 0.1) is 5.82 Å². The summed E-state index contributed by atoms with van der Waals surface area (Å²) in [6.45, 7) is 3.44. The number of nitrogens with zero attached hydrogens (tertiary/aromatic N) is 3. The van der Waals surface area contributed by atoms with E-state index in [4.69, 9.17) is 9.47 Å². The largest absolute Gasteiger partial charge is 0.493 e. The van der Waals surface area contributed by atoms with E-state index in [-0.39, 0.29) is 29.6 Å². The smallest absolute Gasteiger partial charge is 0.421 e. The van der Waals surface area contributed by atoms with Gasteiger partial charge in [-0.1, -0.05) is 0 Å². The molecule has 0 bridgehead atoms. The maximum Gasteiger partial charge on any atom is 0.421 e. The Hall–Kier alpha value is -3.15. The van der Waals surface area contributed by atoms with Crippen molar-refractivity contribution in [3.8, 4) is 5.75 Å². The number of carbonyl (C=O) groups is 1. The summed E-state index contributed by atoms with van der Waals surface area (Å²) < 4.78 is 64.5. The summed E-state index contributed by atoms with van der Waals surface area (Å²) >= 11 is 0. The molecule has 1 amide bonds. The van der Waals surface area contributed by atoms with Gasteiger partial charge < -0.3 is 25.0 Å². The first-order chi connectivity index (χ1) is 14.7. The molecule has 1 aliphatic rings. The van der Waals surface area contributed by atoms with Crippen LogP contribution >= 0.6 is 0 Å². The van der Waals surface area contributed by atoms with Crippen LogP contribution in [-0.2, 0) is 10.9 Å². The third-order valence-electron chi connectivity index (χ3n) is 4.48. The second-order valence-corrected chi connectivity index (χ2v) is 6.49. The van der Waals surface area contributed by atoms with Gasteiger partial charge in [-0.3, -0.25) is 4.79 Å². The van der Waals surface area contributed by atoms with Crippen LogP contribution in [-0.4, -0.2) is 60.7 Å². The Labute approximate surface area is 175 Å². The Kier molecular flexibility index (Phi) is 6.78. The molecule has 0 radical (unpaired) electrons. The maximum atomic E-state index is 14.8. The van der Waals surface area contributed by atoms with Crippen LogP contribution < -0.4 is 15.4 Å². The minimum Gasteiger partial charge on any atom is -0.493 e. The summed E-state index contributed by atoms with van der Waals surface area (Å²) in [7, 11) is 1.28. The Bertz CT molecular complexity index is 949. The molecule has 1 aromatic carbocycles. The van der Waals surface area contributed by atoms with Gasteiger partial charge in [0.25, 0.3) is 5.91 Å². The van der Waals surface area contributed by atoms with Gasteiger partial charge in [-0.05, 0) is 13.0 Å². The predicted octanol–water partition coefficient (Wildman–Crippen LogP) is 3.29. The zero-order chi connectivity index (χ0) is 22.6. The van der Waals surface area contributed by atoms with Crippen molar-refractivity contribution in [3.05, 3.63) is 35.3 Å². The van der Waals surface area contributed by atoms with Crippen molar-refractivity contribution < 1.29 is 31.8 Å². The van der Waals surface area contributed by atoms with Gasteiger partial charge in [-0.2, -0.15) is 18.2 Å². The van der Waals surface area contributed by atoms with E-state index < -0.39 is 29.3 Å². The number of amides is 1. The van der Waals surface area contributed by atoms with E-state index >= 15 is 0 Å². The fourth-order valence-corrected chi connectivity index (χ4v) is 2.99. The molecular formula is C19H21F4N5O3. The highest BCUT2D eigenvalue weighted by Gasteiger charge is 2.35. The van der Waals surface area contributed by atoms with Gasteiger partial charge in [0.2, 0.25) is 5.95 Å². The van der Waals surface area contributed by atoms with Crippen molar-refractivity contribution in [3.63, 3.8) is 0 Å². The molecule has 3 rings (SSSR count). The van der Waals surface area contributed by atoms with Crippen LogP contribution in [0.3, 0.4) is 0 Å². The molecule has 8 nitrogen and oxygen atoms in total. The van der Waals surface area contributed by atoms with Crippen molar-refractivity contribution >= 4 is 23.4 Å². The third kappa shape index (κ3) is 5.13. The summed E-state index contributed by atoms with van der Waals surface area (Å²) in [5.74, 6) is -1.81.